The van der Waals surface area contributed by atoms with E-state index in [-0.39, 0.29) is 5.92 Å². The summed E-state index contributed by atoms with van der Waals surface area (Å²) in [5.74, 6) is 0.388. The van der Waals surface area contributed by atoms with Gasteiger partial charge in [0.2, 0.25) is 0 Å². The Kier molecular flexibility index (Phi) is 1.90. The molecule has 0 amide bonds. The average Bonchev–Trinajstić information content (AvgIpc) is 2.53. The molecule has 1 aromatic rings. The molecule has 3 rings (SSSR count). The van der Waals surface area contributed by atoms with Crippen LogP contribution in [0.25, 0.3) is 5.57 Å². The maximum absolute atomic E-state index is 12.3. The average molecular weight is 210 g/mol. The minimum absolute atomic E-state index is 0.0850. The van der Waals surface area contributed by atoms with Crippen LogP contribution in [0.4, 0.5) is 0 Å². The Bertz CT molecular complexity index is 547. The number of benzene rings is 1. The third-order valence-corrected chi connectivity index (χ3v) is 3.52. The van der Waals surface area contributed by atoms with Crippen LogP contribution in [0, 0.1) is 12.8 Å². The van der Waals surface area contributed by atoms with Crippen molar-refractivity contribution >= 4 is 11.4 Å². The Hall–Kier alpha value is -1.63. The second-order valence-electron chi connectivity index (χ2n) is 4.81. The summed E-state index contributed by atoms with van der Waals surface area (Å²) in [7, 11) is 0. The standard InChI is InChI=1S/C15H14O/c1-9-3-5-11-12-6-4-10(2)8-14(12)15(16)13(11)7-9/h3-7,14H,8H2,1-2H3. The predicted octanol–water partition coefficient (Wildman–Crippen LogP) is 3.54. The van der Waals surface area contributed by atoms with Crippen LogP contribution in [0.3, 0.4) is 0 Å². The van der Waals surface area contributed by atoms with E-state index in [9.17, 15) is 4.79 Å². The lowest BCUT2D eigenvalue weighted by atomic mass is 9.88. The normalized spacial score (nSPS) is 22.4. The smallest absolute Gasteiger partial charge is 0.171 e. The summed E-state index contributed by atoms with van der Waals surface area (Å²) >= 11 is 0. The molecular formula is C15H14O. The first kappa shape index (κ1) is 9.59. The third-order valence-electron chi connectivity index (χ3n) is 3.52. The van der Waals surface area contributed by atoms with Crippen LogP contribution in [-0.2, 0) is 0 Å². The number of allylic oxidation sites excluding steroid dienone is 4. The van der Waals surface area contributed by atoms with E-state index in [0.29, 0.717) is 5.78 Å². The van der Waals surface area contributed by atoms with E-state index in [2.05, 4.69) is 31.2 Å². The molecule has 0 bridgehead atoms. The van der Waals surface area contributed by atoms with Crippen LogP contribution in [0.2, 0.25) is 0 Å². The lowest BCUT2D eigenvalue weighted by molar-refractivity contribution is 0.0957. The Morgan fingerprint density at radius 2 is 1.94 bits per heavy atom. The van der Waals surface area contributed by atoms with E-state index in [1.165, 1.54) is 11.1 Å². The maximum atomic E-state index is 12.3. The van der Waals surface area contributed by atoms with Gasteiger partial charge in [-0.1, -0.05) is 35.4 Å². The predicted molar refractivity (Wildman–Crippen MR) is 65.4 cm³/mol. The maximum Gasteiger partial charge on any atom is 0.171 e. The summed E-state index contributed by atoms with van der Waals surface area (Å²) in [6.45, 7) is 4.13. The van der Waals surface area contributed by atoms with Gasteiger partial charge < -0.3 is 0 Å². The molecule has 1 atom stereocenters. The first-order valence-electron chi connectivity index (χ1n) is 5.69. The zero-order chi connectivity index (χ0) is 11.3. The molecule has 1 heteroatoms. The molecule has 0 radical (unpaired) electrons. The fraction of sp³-hybridized carbons (Fsp3) is 0.267. The first-order valence-corrected chi connectivity index (χ1v) is 5.69. The van der Waals surface area contributed by atoms with Gasteiger partial charge in [-0.25, -0.2) is 0 Å². The zero-order valence-electron chi connectivity index (χ0n) is 9.58. The molecule has 0 aromatic heterocycles. The minimum Gasteiger partial charge on any atom is -0.293 e. The molecule has 16 heavy (non-hydrogen) atoms. The summed E-state index contributed by atoms with van der Waals surface area (Å²) in [4.78, 5) is 12.3. The van der Waals surface area contributed by atoms with E-state index in [1.807, 2.05) is 13.0 Å². The van der Waals surface area contributed by atoms with Crippen LogP contribution in [-0.4, -0.2) is 5.78 Å². The third kappa shape index (κ3) is 1.21. The summed E-state index contributed by atoms with van der Waals surface area (Å²) in [5, 5.41) is 0. The molecule has 2 aliphatic carbocycles. The Morgan fingerprint density at radius 3 is 2.75 bits per heavy atom. The summed E-state index contributed by atoms with van der Waals surface area (Å²) in [5.41, 5.74) is 5.73. The Morgan fingerprint density at radius 1 is 1.12 bits per heavy atom. The molecule has 0 heterocycles. The van der Waals surface area contributed by atoms with E-state index in [1.54, 1.807) is 0 Å². The van der Waals surface area contributed by atoms with Crippen molar-refractivity contribution in [2.75, 3.05) is 0 Å². The van der Waals surface area contributed by atoms with Gasteiger partial charge in [0.05, 0.1) is 5.92 Å². The number of carbonyl (C=O) groups excluding carboxylic acids is 1. The molecule has 0 fully saturated rings. The number of carbonyl (C=O) groups is 1. The minimum atomic E-state index is 0.0850. The van der Waals surface area contributed by atoms with Gasteiger partial charge in [-0.15, -0.1) is 0 Å². The quantitative estimate of drug-likeness (QED) is 0.640. The van der Waals surface area contributed by atoms with Crippen LogP contribution in [0.1, 0.15) is 34.8 Å². The molecule has 80 valence electrons. The highest BCUT2D eigenvalue weighted by molar-refractivity contribution is 6.14. The molecule has 0 saturated heterocycles. The Labute approximate surface area is 95.5 Å². The topological polar surface area (TPSA) is 17.1 Å². The molecule has 0 saturated carbocycles. The van der Waals surface area contributed by atoms with Crippen LogP contribution < -0.4 is 0 Å². The molecule has 0 N–H and O–H groups in total. The SMILES string of the molecule is CC1=CC=C2c3ccc(C)cc3C(=O)C2C1. The highest BCUT2D eigenvalue weighted by Crippen LogP contribution is 2.42. The van der Waals surface area contributed by atoms with Gasteiger partial charge in [-0.05, 0) is 37.5 Å². The van der Waals surface area contributed by atoms with Gasteiger partial charge in [0.1, 0.15) is 0 Å². The number of fused-ring (bicyclic) bond motifs is 3. The van der Waals surface area contributed by atoms with E-state index < -0.39 is 0 Å². The fourth-order valence-electron chi connectivity index (χ4n) is 2.66. The Balaban J connectivity index is 2.21. The number of Topliss-reactive ketones (excluding diaryl/α,β-unsaturated/α-hetero) is 1. The van der Waals surface area contributed by atoms with E-state index >= 15 is 0 Å². The van der Waals surface area contributed by atoms with Crippen molar-refractivity contribution in [1.29, 1.82) is 0 Å². The fourth-order valence-corrected chi connectivity index (χ4v) is 2.66. The number of hydrogen-bond acceptors (Lipinski definition) is 1. The van der Waals surface area contributed by atoms with Gasteiger partial charge in [0, 0.05) is 5.56 Å². The van der Waals surface area contributed by atoms with Crippen molar-refractivity contribution in [2.45, 2.75) is 20.3 Å². The second-order valence-corrected chi connectivity index (χ2v) is 4.81. The molecule has 1 unspecified atom stereocenters. The van der Waals surface area contributed by atoms with Crippen LogP contribution in [0.5, 0.6) is 0 Å². The second kappa shape index (κ2) is 3.18. The van der Waals surface area contributed by atoms with Crippen molar-refractivity contribution in [3.8, 4) is 0 Å². The zero-order valence-corrected chi connectivity index (χ0v) is 9.58. The van der Waals surface area contributed by atoms with Gasteiger partial charge in [-0.2, -0.15) is 0 Å². The van der Waals surface area contributed by atoms with Crippen molar-refractivity contribution < 1.29 is 4.79 Å². The summed E-state index contributed by atoms with van der Waals surface area (Å²) in [6, 6.07) is 6.19. The van der Waals surface area contributed by atoms with Crippen molar-refractivity contribution in [3.05, 3.63) is 52.6 Å². The monoisotopic (exact) mass is 210 g/mol. The highest BCUT2D eigenvalue weighted by atomic mass is 16.1. The van der Waals surface area contributed by atoms with Crippen molar-refractivity contribution in [1.82, 2.24) is 0 Å². The molecule has 2 aliphatic rings. The largest absolute Gasteiger partial charge is 0.293 e. The first-order chi connectivity index (χ1) is 7.66. The van der Waals surface area contributed by atoms with Gasteiger partial charge in [-0.3, -0.25) is 4.79 Å². The van der Waals surface area contributed by atoms with Gasteiger partial charge >= 0.3 is 0 Å². The van der Waals surface area contributed by atoms with E-state index in [0.717, 1.165) is 23.1 Å². The van der Waals surface area contributed by atoms with Crippen molar-refractivity contribution in [3.63, 3.8) is 0 Å². The molecule has 0 spiro atoms. The highest BCUT2D eigenvalue weighted by Gasteiger charge is 2.35. The van der Waals surface area contributed by atoms with Crippen LogP contribution >= 0.6 is 0 Å². The lowest BCUT2D eigenvalue weighted by Gasteiger charge is -2.15. The van der Waals surface area contributed by atoms with E-state index in [4.69, 9.17) is 0 Å². The number of rotatable bonds is 0. The molecule has 1 aromatic carbocycles. The molecular weight excluding hydrogens is 196 g/mol. The summed E-state index contributed by atoms with van der Waals surface area (Å²) < 4.78 is 0. The van der Waals surface area contributed by atoms with Crippen molar-refractivity contribution in [2.24, 2.45) is 5.92 Å². The molecule has 0 aliphatic heterocycles. The molecule has 1 nitrogen and oxygen atoms in total. The van der Waals surface area contributed by atoms with Gasteiger partial charge in [0.15, 0.2) is 5.78 Å². The number of aryl methyl sites for hydroxylation is 1. The number of ketones is 1. The number of hydrogen-bond donors (Lipinski definition) is 0. The van der Waals surface area contributed by atoms with Gasteiger partial charge in [0.25, 0.3) is 0 Å². The summed E-state index contributed by atoms with van der Waals surface area (Å²) in [6.07, 6.45) is 5.13. The lowest BCUT2D eigenvalue weighted by Crippen LogP contribution is -2.10. The van der Waals surface area contributed by atoms with Crippen LogP contribution in [0.15, 0.2) is 35.9 Å².